The second kappa shape index (κ2) is 6.90. The van der Waals surface area contributed by atoms with Crippen LogP contribution >= 0.6 is 11.3 Å². The predicted molar refractivity (Wildman–Crippen MR) is 87.1 cm³/mol. The fourth-order valence-electron chi connectivity index (χ4n) is 2.15. The number of ether oxygens (including phenoxy) is 2. The van der Waals surface area contributed by atoms with E-state index in [1.165, 1.54) is 46.2 Å². The molecule has 24 heavy (non-hydrogen) atoms. The minimum Gasteiger partial charge on any atom is -0.435 e. The standard InChI is InChI=1S/C16H13FN2O4S/c1-2-22-9-23-16(21)12-7-13-15(24-8-18-13)19(14(12)20)11-5-3-10(17)4-6-11/h3-8H,2,9H2,1H3. The van der Waals surface area contributed by atoms with Gasteiger partial charge >= 0.3 is 5.97 Å². The first kappa shape index (κ1) is 16.3. The Morgan fingerprint density at radius 1 is 1.33 bits per heavy atom. The molecule has 0 saturated carbocycles. The number of fused-ring (bicyclic) bond motifs is 1. The Bertz CT molecular complexity index is 933. The quantitative estimate of drug-likeness (QED) is 0.403. The molecule has 6 nitrogen and oxygen atoms in total. The third-order valence-corrected chi connectivity index (χ3v) is 4.10. The number of aromatic nitrogens is 2. The summed E-state index contributed by atoms with van der Waals surface area (Å²) in [6, 6.07) is 6.81. The van der Waals surface area contributed by atoms with Crippen molar-refractivity contribution in [2.45, 2.75) is 6.92 Å². The summed E-state index contributed by atoms with van der Waals surface area (Å²) in [5.74, 6) is -1.21. The van der Waals surface area contributed by atoms with Crippen LogP contribution in [0.4, 0.5) is 4.39 Å². The van der Waals surface area contributed by atoms with Crippen molar-refractivity contribution in [2.75, 3.05) is 13.4 Å². The zero-order valence-corrected chi connectivity index (χ0v) is 13.5. The Morgan fingerprint density at radius 3 is 2.79 bits per heavy atom. The second-order valence-corrected chi connectivity index (χ2v) is 5.59. The van der Waals surface area contributed by atoms with Crippen LogP contribution in [0.25, 0.3) is 16.0 Å². The molecular formula is C16H13FN2O4S. The van der Waals surface area contributed by atoms with Crippen molar-refractivity contribution in [3.63, 3.8) is 0 Å². The normalized spacial score (nSPS) is 10.9. The largest absolute Gasteiger partial charge is 0.435 e. The molecule has 2 heterocycles. The van der Waals surface area contributed by atoms with Crippen LogP contribution in [0.1, 0.15) is 17.3 Å². The maximum Gasteiger partial charge on any atom is 0.345 e. The van der Waals surface area contributed by atoms with Gasteiger partial charge in [-0.15, -0.1) is 11.3 Å². The van der Waals surface area contributed by atoms with E-state index in [1.807, 2.05) is 0 Å². The first-order valence-corrected chi connectivity index (χ1v) is 8.00. The van der Waals surface area contributed by atoms with E-state index in [-0.39, 0.29) is 12.4 Å². The molecule has 1 aromatic carbocycles. The third kappa shape index (κ3) is 3.06. The van der Waals surface area contributed by atoms with Crippen LogP contribution in [0.3, 0.4) is 0 Å². The summed E-state index contributed by atoms with van der Waals surface area (Å²) in [4.78, 5) is 29.6. The molecule has 0 N–H and O–H groups in total. The minimum atomic E-state index is -0.792. The van der Waals surface area contributed by atoms with Gasteiger partial charge in [0.25, 0.3) is 5.56 Å². The van der Waals surface area contributed by atoms with Crippen molar-refractivity contribution in [3.8, 4) is 5.69 Å². The van der Waals surface area contributed by atoms with E-state index < -0.39 is 17.3 Å². The summed E-state index contributed by atoms with van der Waals surface area (Å²) in [6.45, 7) is 1.91. The van der Waals surface area contributed by atoms with Crippen LogP contribution in [-0.2, 0) is 9.47 Å². The molecule has 0 fully saturated rings. The summed E-state index contributed by atoms with van der Waals surface area (Å²) in [6.07, 6.45) is 0. The zero-order valence-electron chi connectivity index (χ0n) is 12.7. The number of esters is 1. The SMILES string of the molecule is CCOCOC(=O)c1cc2ncsc2n(-c2ccc(F)cc2)c1=O. The van der Waals surface area contributed by atoms with Gasteiger partial charge in [0, 0.05) is 6.61 Å². The van der Waals surface area contributed by atoms with Gasteiger partial charge in [-0.05, 0) is 37.3 Å². The maximum absolute atomic E-state index is 13.2. The van der Waals surface area contributed by atoms with Crippen molar-refractivity contribution in [1.82, 2.24) is 9.55 Å². The lowest BCUT2D eigenvalue weighted by atomic mass is 10.2. The number of thiazole rings is 1. The monoisotopic (exact) mass is 348 g/mol. The number of carbonyl (C=O) groups excluding carboxylic acids is 1. The van der Waals surface area contributed by atoms with E-state index in [4.69, 9.17) is 9.47 Å². The average molecular weight is 348 g/mol. The van der Waals surface area contributed by atoms with Gasteiger partial charge in [0.15, 0.2) is 6.79 Å². The lowest BCUT2D eigenvalue weighted by molar-refractivity contribution is -0.0275. The van der Waals surface area contributed by atoms with E-state index in [1.54, 1.807) is 12.4 Å². The zero-order chi connectivity index (χ0) is 17.1. The number of carbonyl (C=O) groups is 1. The van der Waals surface area contributed by atoms with E-state index in [9.17, 15) is 14.0 Å². The van der Waals surface area contributed by atoms with Crippen molar-refractivity contribution in [1.29, 1.82) is 0 Å². The van der Waals surface area contributed by atoms with Crippen LogP contribution in [0.15, 0.2) is 40.6 Å². The number of benzene rings is 1. The van der Waals surface area contributed by atoms with Gasteiger partial charge in [-0.25, -0.2) is 14.2 Å². The van der Waals surface area contributed by atoms with E-state index >= 15 is 0 Å². The molecule has 0 radical (unpaired) electrons. The Morgan fingerprint density at radius 2 is 2.08 bits per heavy atom. The summed E-state index contributed by atoms with van der Waals surface area (Å²) < 4.78 is 24.4. The molecule has 2 aromatic heterocycles. The molecule has 3 aromatic rings. The van der Waals surface area contributed by atoms with Gasteiger partial charge < -0.3 is 9.47 Å². The molecule has 0 unspecified atom stereocenters. The van der Waals surface area contributed by atoms with Gasteiger partial charge in [0.05, 0.1) is 16.7 Å². The topological polar surface area (TPSA) is 70.4 Å². The highest BCUT2D eigenvalue weighted by atomic mass is 32.1. The van der Waals surface area contributed by atoms with E-state index in [0.29, 0.717) is 22.6 Å². The van der Waals surface area contributed by atoms with Crippen LogP contribution in [-0.4, -0.2) is 28.9 Å². The molecule has 3 rings (SSSR count). The molecule has 0 aliphatic carbocycles. The highest BCUT2D eigenvalue weighted by molar-refractivity contribution is 7.16. The summed E-state index contributed by atoms with van der Waals surface area (Å²) in [7, 11) is 0. The molecule has 8 heteroatoms. The molecule has 0 atom stereocenters. The Kier molecular flexibility index (Phi) is 4.68. The second-order valence-electron chi connectivity index (χ2n) is 4.76. The number of pyridine rings is 1. The van der Waals surface area contributed by atoms with Crippen molar-refractivity contribution < 1.29 is 18.7 Å². The van der Waals surface area contributed by atoms with Crippen LogP contribution < -0.4 is 5.56 Å². The number of rotatable bonds is 5. The van der Waals surface area contributed by atoms with Crippen LogP contribution in [0.2, 0.25) is 0 Å². The van der Waals surface area contributed by atoms with Gasteiger partial charge in [0.1, 0.15) is 16.2 Å². The number of halogens is 1. The molecule has 0 saturated heterocycles. The lowest BCUT2D eigenvalue weighted by Gasteiger charge is -2.10. The first-order chi connectivity index (χ1) is 11.6. The maximum atomic E-state index is 13.2. The van der Waals surface area contributed by atoms with Gasteiger partial charge in [-0.3, -0.25) is 9.36 Å². The first-order valence-electron chi connectivity index (χ1n) is 7.12. The van der Waals surface area contributed by atoms with Gasteiger partial charge in [-0.1, -0.05) is 0 Å². The molecule has 124 valence electrons. The summed E-state index contributed by atoms with van der Waals surface area (Å²) in [5, 5.41) is 0. The smallest absolute Gasteiger partial charge is 0.345 e. The highest BCUT2D eigenvalue weighted by Crippen LogP contribution is 2.21. The van der Waals surface area contributed by atoms with Gasteiger partial charge in [0.2, 0.25) is 0 Å². The van der Waals surface area contributed by atoms with Crippen molar-refractivity contribution in [3.05, 3.63) is 57.6 Å². The minimum absolute atomic E-state index is 0.155. The predicted octanol–water partition coefficient (Wildman–Crippen LogP) is 2.74. The fourth-order valence-corrected chi connectivity index (χ4v) is 2.95. The molecule has 0 spiro atoms. The van der Waals surface area contributed by atoms with Crippen molar-refractivity contribution in [2.24, 2.45) is 0 Å². The molecule has 0 aliphatic heterocycles. The number of nitrogens with zero attached hydrogens (tertiary/aromatic N) is 2. The summed E-state index contributed by atoms with van der Waals surface area (Å²) >= 11 is 1.25. The lowest BCUT2D eigenvalue weighted by Crippen LogP contribution is -2.26. The fraction of sp³-hybridized carbons (Fsp3) is 0.188. The Labute approximate surface area is 140 Å². The van der Waals surface area contributed by atoms with Gasteiger partial charge in [-0.2, -0.15) is 0 Å². The van der Waals surface area contributed by atoms with Crippen molar-refractivity contribution >= 4 is 27.7 Å². The van der Waals surface area contributed by atoms with Crippen LogP contribution in [0, 0.1) is 5.82 Å². The average Bonchev–Trinajstić information content (AvgIpc) is 3.03. The van der Waals surface area contributed by atoms with E-state index in [0.717, 1.165) is 0 Å². The number of hydrogen-bond donors (Lipinski definition) is 0. The highest BCUT2D eigenvalue weighted by Gasteiger charge is 2.19. The summed E-state index contributed by atoms with van der Waals surface area (Å²) in [5.41, 5.74) is 1.78. The molecule has 0 amide bonds. The molecule has 0 bridgehead atoms. The Hall–Kier alpha value is -2.58. The molecule has 0 aliphatic rings. The number of hydrogen-bond acceptors (Lipinski definition) is 6. The Balaban J connectivity index is 2.12. The third-order valence-electron chi connectivity index (χ3n) is 3.28. The molecular weight excluding hydrogens is 335 g/mol. The van der Waals surface area contributed by atoms with E-state index in [2.05, 4.69) is 4.98 Å². The van der Waals surface area contributed by atoms with Crippen LogP contribution in [0.5, 0.6) is 0 Å².